The van der Waals surface area contributed by atoms with E-state index in [0.29, 0.717) is 0 Å². The van der Waals surface area contributed by atoms with Gasteiger partial charge in [-0.05, 0) is 12.8 Å². The molecular weight excluding hydrogens is 172 g/mol. The van der Waals surface area contributed by atoms with E-state index in [0.717, 1.165) is 5.92 Å². The van der Waals surface area contributed by atoms with Crippen LogP contribution in [0, 0.1) is 17.8 Å². The summed E-state index contributed by atoms with van der Waals surface area (Å²) < 4.78 is 0. The van der Waals surface area contributed by atoms with Gasteiger partial charge in [-0.15, -0.1) is 11.8 Å². The first-order valence-electron chi connectivity index (χ1n) is 5.56. The standard InChI is InChI=1S/C12H22Si/c1-13(2,3)11-7-10-12-8-5-4-6-9-12/h12H,4-6,8-9,11H2,1-3H3. The van der Waals surface area contributed by atoms with E-state index in [1.54, 1.807) is 0 Å². The van der Waals surface area contributed by atoms with E-state index in [4.69, 9.17) is 0 Å². The first kappa shape index (κ1) is 10.9. The highest BCUT2D eigenvalue weighted by Gasteiger charge is 2.12. The zero-order valence-electron chi connectivity index (χ0n) is 9.32. The summed E-state index contributed by atoms with van der Waals surface area (Å²) in [4.78, 5) is 0. The molecule has 0 saturated heterocycles. The molecule has 0 aromatic carbocycles. The van der Waals surface area contributed by atoms with Crippen molar-refractivity contribution in [3.8, 4) is 11.8 Å². The van der Waals surface area contributed by atoms with Gasteiger partial charge in [-0.3, -0.25) is 0 Å². The summed E-state index contributed by atoms with van der Waals surface area (Å²) in [5.74, 6) is 7.61. The molecule has 0 heterocycles. The minimum Gasteiger partial charge on any atom is -0.106 e. The molecule has 0 aromatic heterocycles. The molecule has 0 bridgehead atoms. The molecule has 0 spiro atoms. The minimum atomic E-state index is -0.915. The summed E-state index contributed by atoms with van der Waals surface area (Å²) in [6.45, 7) is 7.17. The molecule has 0 unspecified atom stereocenters. The van der Waals surface area contributed by atoms with Gasteiger partial charge in [0, 0.05) is 12.0 Å². The van der Waals surface area contributed by atoms with E-state index in [1.165, 1.54) is 38.1 Å². The quantitative estimate of drug-likeness (QED) is 0.438. The van der Waals surface area contributed by atoms with E-state index in [-0.39, 0.29) is 0 Å². The molecule has 0 N–H and O–H groups in total. The third-order valence-corrected chi connectivity index (χ3v) is 3.77. The molecule has 1 aliphatic rings. The summed E-state index contributed by atoms with van der Waals surface area (Å²) in [5, 5.41) is 0. The van der Waals surface area contributed by atoms with Crippen LogP contribution in [0.3, 0.4) is 0 Å². The van der Waals surface area contributed by atoms with Gasteiger partial charge in [0.05, 0.1) is 8.07 Å². The third-order valence-electron chi connectivity index (χ3n) is 2.53. The predicted octanol–water partition coefficient (Wildman–Crippen LogP) is 3.91. The Morgan fingerprint density at radius 2 is 1.69 bits per heavy atom. The van der Waals surface area contributed by atoms with Gasteiger partial charge in [0.2, 0.25) is 0 Å². The van der Waals surface area contributed by atoms with Crippen molar-refractivity contribution in [2.75, 3.05) is 0 Å². The normalized spacial score (nSPS) is 19.3. The predicted molar refractivity (Wildman–Crippen MR) is 62.5 cm³/mol. The lowest BCUT2D eigenvalue weighted by molar-refractivity contribution is 0.430. The largest absolute Gasteiger partial charge is 0.106 e. The van der Waals surface area contributed by atoms with Crippen LogP contribution < -0.4 is 0 Å². The second-order valence-corrected chi connectivity index (χ2v) is 10.9. The van der Waals surface area contributed by atoms with Crippen LogP contribution in [0.2, 0.25) is 25.7 Å². The molecule has 1 fully saturated rings. The summed E-state index contributed by atoms with van der Waals surface area (Å²) in [6.07, 6.45) is 6.97. The maximum atomic E-state index is 3.46. The Morgan fingerprint density at radius 3 is 2.23 bits per heavy atom. The van der Waals surface area contributed by atoms with Gasteiger partial charge >= 0.3 is 0 Å². The second-order valence-electron chi connectivity index (χ2n) is 5.39. The Labute approximate surface area is 84.1 Å². The van der Waals surface area contributed by atoms with Gasteiger partial charge in [0.15, 0.2) is 0 Å². The van der Waals surface area contributed by atoms with Crippen LogP contribution in [0.4, 0.5) is 0 Å². The SMILES string of the molecule is C[Si](C)(C)CC#CC1CCCCC1. The zero-order valence-corrected chi connectivity index (χ0v) is 10.3. The van der Waals surface area contributed by atoms with Crippen LogP contribution in [0.1, 0.15) is 32.1 Å². The average Bonchev–Trinajstić information content (AvgIpc) is 2.04. The molecular formula is C12H22Si. The maximum Gasteiger partial charge on any atom is 0.0573 e. The summed E-state index contributed by atoms with van der Waals surface area (Å²) in [6, 6.07) is 1.18. The Balaban J connectivity index is 2.29. The maximum absolute atomic E-state index is 3.46. The molecule has 0 aromatic rings. The fourth-order valence-electron chi connectivity index (χ4n) is 1.71. The molecule has 1 rings (SSSR count). The van der Waals surface area contributed by atoms with Gasteiger partial charge in [0.25, 0.3) is 0 Å². The van der Waals surface area contributed by atoms with Crippen LogP contribution in [0.25, 0.3) is 0 Å². The molecule has 0 nitrogen and oxygen atoms in total. The van der Waals surface area contributed by atoms with E-state index in [2.05, 4.69) is 31.5 Å². The Bertz CT molecular complexity index is 195. The lowest BCUT2D eigenvalue weighted by Crippen LogP contribution is -2.17. The van der Waals surface area contributed by atoms with E-state index >= 15 is 0 Å². The van der Waals surface area contributed by atoms with E-state index < -0.39 is 8.07 Å². The molecule has 1 heteroatoms. The van der Waals surface area contributed by atoms with E-state index in [9.17, 15) is 0 Å². The summed E-state index contributed by atoms with van der Waals surface area (Å²) in [5.41, 5.74) is 0. The molecule has 0 aliphatic heterocycles. The molecule has 0 amide bonds. The van der Waals surface area contributed by atoms with Gasteiger partial charge in [0.1, 0.15) is 0 Å². The highest BCUT2D eigenvalue weighted by atomic mass is 28.3. The van der Waals surface area contributed by atoms with Gasteiger partial charge in [-0.2, -0.15) is 0 Å². The smallest absolute Gasteiger partial charge is 0.0573 e. The molecule has 74 valence electrons. The van der Waals surface area contributed by atoms with Crippen molar-refractivity contribution in [3.63, 3.8) is 0 Å². The highest BCUT2D eigenvalue weighted by molar-refractivity contribution is 6.76. The monoisotopic (exact) mass is 194 g/mol. The van der Waals surface area contributed by atoms with Crippen molar-refractivity contribution >= 4 is 8.07 Å². The van der Waals surface area contributed by atoms with Gasteiger partial charge in [-0.1, -0.05) is 38.9 Å². The van der Waals surface area contributed by atoms with Crippen LogP contribution in [0.5, 0.6) is 0 Å². The highest BCUT2D eigenvalue weighted by Crippen LogP contribution is 2.22. The van der Waals surface area contributed by atoms with Crippen molar-refractivity contribution in [2.24, 2.45) is 5.92 Å². The number of hydrogen-bond acceptors (Lipinski definition) is 0. The Morgan fingerprint density at radius 1 is 1.08 bits per heavy atom. The topological polar surface area (TPSA) is 0 Å². The molecule has 0 radical (unpaired) electrons. The molecule has 1 aliphatic carbocycles. The zero-order chi connectivity index (χ0) is 9.73. The Hall–Kier alpha value is -0.223. The molecule has 13 heavy (non-hydrogen) atoms. The second kappa shape index (κ2) is 4.86. The van der Waals surface area contributed by atoms with Gasteiger partial charge < -0.3 is 0 Å². The van der Waals surface area contributed by atoms with Crippen molar-refractivity contribution in [1.29, 1.82) is 0 Å². The summed E-state index contributed by atoms with van der Waals surface area (Å²) in [7, 11) is -0.915. The van der Waals surface area contributed by atoms with Crippen molar-refractivity contribution < 1.29 is 0 Å². The van der Waals surface area contributed by atoms with Crippen LogP contribution in [-0.4, -0.2) is 8.07 Å². The first-order chi connectivity index (χ1) is 6.08. The van der Waals surface area contributed by atoms with Crippen LogP contribution in [-0.2, 0) is 0 Å². The van der Waals surface area contributed by atoms with Gasteiger partial charge in [-0.25, -0.2) is 0 Å². The lowest BCUT2D eigenvalue weighted by Gasteiger charge is -2.16. The minimum absolute atomic E-state index is 0.741. The van der Waals surface area contributed by atoms with Crippen molar-refractivity contribution in [1.82, 2.24) is 0 Å². The molecule has 0 atom stereocenters. The van der Waals surface area contributed by atoms with Crippen LogP contribution >= 0.6 is 0 Å². The average molecular weight is 194 g/mol. The summed E-state index contributed by atoms with van der Waals surface area (Å²) >= 11 is 0. The number of hydrogen-bond donors (Lipinski definition) is 0. The van der Waals surface area contributed by atoms with Crippen molar-refractivity contribution in [2.45, 2.75) is 57.8 Å². The fraction of sp³-hybridized carbons (Fsp3) is 0.833. The molecule has 1 saturated carbocycles. The van der Waals surface area contributed by atoms with Crippen molar-refractivity contribution in [3.05, 3.63) is 0 Å². The first-order valence-corrected chi connectivity index (χ1v) is 9.27. The van der Waals surface area contributed by atoms with Crippen LogP contribution in [0.15, 0.2) is 0 Å². The number of rotatable bonds is 1. The lowest BCUT2D eigenvalue weighted by atomic mass is 9.90. The van der Waals surface area contributed by atoms with E-state index in [1.807, 2.05) is 0 Å². The Kier molecular flexibility index (Phi) is 4.06. The fourth-order valence-corrected chi connectivity index (χ4v) is 2.34. The third kappa shape index (κ3) is 5.16.